The van der Waals surface area contributed by atoms with Gasteiger partial charge >= 0.3 is 0 Å². The van der Waals surface area contributed by atoms with Gasteiger partial charge in [-0.1, -0.05) is 13.0 Å². The summed E-state index contributed by atoms with van der Waals surface area (Å²) in [6.07, 6.45) is 0.873. The van der Waals surface area contributed by atoms with Crippen molar-refractivity contribution in [3.8, 4) is 0 Å². The predicted molar refractivity (Wildman–Crippen MR) is 70.2 cm³/mol. The average Bonchev–Trinajstić information content (AvgIpc) is 2.63. The molecule has 5 heteroatoms. The number of carbonyl (C=O) groups is 2. The Hall–Kier alpha value is -1.91. The van der Waals surface area contributed by atoms with Crippen LogP contribution in [0.4, 0.5) is 10.1 Å². The Bertz CT molecular complexity index is 516. The number of anilines is 1. The number of hydrogen-bond acceptors (Lipinski definition) is 3. The van der Waals surface area contributed by atoms with Crippen LogP contribution in [0.2, 0.25) is 0 Å². The molecular formula is C14H17FN2O2. The maximum absolute atomic E-state index is 13.4. The molecule has 1 fully saturated rings. The van der Waals surface area contributed by atoms with E-state index in [1.807, 2.05) is 6.92 Å². The quantitative estimate of drug-likeness (QED) is 0.847. The summed E-state index contributed by atoms with van der Waals surface area (Å²) in [4.78, 5) is 25.0. The average molecular weight is 264 g/mol. The van der Waals surface area contributed by atoms with E-state index in [-0.39, 0.29) is 24.1 Å². The highest BCUT2D eigenvalue weighted by Crippen LogP contribution is 2.22. The normalized spacial score (nSPS) is 19.1. The van der Waals surface area contributed by atoms with Crippen LogP contribution in [0.3, 0.4) is 0 Å². The molecule has 4 nitrogen and oxygen atoms in total. The number of carbonyl (C=O) groups excluding carboxylic acids is 2. The number of likely N-dealkylation sites (tertiary alicyclic amines) is 1. The van der Waals surface area contributed by atoms with Crippen molar-refractivity contribution >= 4 is 17.5 Å². The highest BCUT2D eigenvalue weighted by Gasteiger charge is 2.38. The Balaban J connectivity index is 2.14. The summed E-state index contributed by atoms with van der Waals surface area (Å²) in [6.45, 7) is 4.00. The lowest BCUT2D eigenvalue weighted by Gasteiger charge is -2.16. The number of nitrogens with zero attached hydrogens (tertiary/aromatic N) is 1. The van der Waals surface area contributed by atoms with Crippen LogP contribution in [-0.4, -0.2) is 29.3 Å². The number of nitrogens with one attached hydrogen (secondary N) is 1. The number of imide groups is 1. The van der Waals surface area contributed by atoms with Crippen LogP contribution in [0.25, 0.3) is 0 Å². The van der Waals surface area contributed by atoms with E-state index in [9.17, 15) is 14.0 Å². The van der Waals surface area contributed by atoms with E-state index in [1.54, 1.807) is 19.1 Å². The second-order valence-electron chi connectivity index (χ2n) is 4.70. The summed E-state index contributed by atoms with van der Waals surface area (Å²) in [5.74, 6) is -0.721. The summed E-state index contributed by atoms with van der Waals surface area (Å²) in [5, 5.41) is 2.97. The van der Waals surface area contributed by atoms with E-state index in [0.717, 1.165) is 6.42 Å². The Morgan fingerprint density at radius 2 is 2.16 bits per heavy atom. The van der Waals surface area contributed by atoms with Crippen molar-refractivity contribution < 1.29 is 14.0 Å². The fraction of sp³-hybridized carbons (Fsp3) is 0.429. The van der Waals surface area contributed by atoms with Crippen LogP contribution in [-0.2, 0) is 9.59 Å². The first-order valence-corrected chi connectivity index (χ1v) is 6.40. The van der Waals surface area contributed by atoms with Crippen LogP contribution in [0, 0.1) is 12.7 Å². The maximum atomic E-state index is 13.4. The third kappa shape index (κ3) is 2.59. The zero-order valence-electron chi connectivity index (χ0n) is 11.1. The van der Waals surface area contributed by atoms with Crippen molar-refractivity contribution in [2.24, 2.45) is 0 Å². The third-order valence-electron chi connectivity index (χ3n) is 3.29. The van der Waals surface area contributed by atoms with Gasteiger partial charge < -0.3 is 5.32 Å². The highest BCUT2D eigenvalue weighted by atomic mass is 19.1. The number of rotatable bonds is 4. The fourth-order valence-corrected chi connectivity index (χ4v) is 2.21. The molecule has 1 aliphatic heterocycles. The molecule has 1 heterocycles. The first kappa shape index (κ1) is 13.5. The van der Waals surface area contributed by atoms with Crippen LogP contribution >= 0.6 is 0 Å². The predicted octanol–water partition coefficient (Wildman–Crippen LogP) is 2.08. The van der Waals surface area contributed by atoms with Gasteiger partial charge in [0.05, 0.1) is 6.42 Å². The first-order valence-electron chi connectivity index (χ1n) is 6.40. The summed E-state index contributed by atoms with van der Waals surface area (Å²) in [6, 6.07) is 4.07. The molecule has 1 atom stereocenters. The molecule has 102 valence electrons. The summed E-state index contributed by atoms with van der Waals surface area (Å²) < 4.78 is 13.4. The van der Waals surface area contributed by atoms with Crippen molar-refractivity contribution in [2.45, 2.75) is 32.7 Å². The lowest BCUT2D eigenvalue weighted by atomic mass is 10.1. The van der Waals surface area contributed by atoms with Gasteiger partial charge in [-0.15, -0.1) is 0 Å². The molecular weight excluding hydrogens is 247 g/mol. The number of amides is 2. The van der Waals surface area contributed by atoms with Crippen LogP contribution in [0.15, 0.2) is 18.2 Å². The fourth-order valence-electron chi connectivity index (χ4n) is 2.21. The molecule has 1 unspecified atom stereocenters. The van der Waals surface area contributed by atoms with E-state index >= 15 is 0 Å². The molecule has 1 aromatic rings. The van der Waals surface area contributed by atoms with E-state index in [4.69, 9.17) is 0 Å². The maximum Gasteiger partial charge on any atom is 0.252 e. The minimum absolute atomic E-state index is 0.134. The monoisotopic (exact) mass is 264 g/mol. The van der Waals surface area contributed by atoms with Crippen molar-refractivity contribution in [1.29, 1.82) is 0 Å². The zero-order valence-corrected chi connectivity index (χ0v) is 11.1. The van der Waals surface area contributed by atoms with Crippen molar-refractivity contribution in [3.05, 3.63) is 29.6 Å². The second kappa shape index (κ2) is 5.38. The lowest BCUT2D eigenvalue weighted by molar-refractivity contribution is -0.138. The molecule has 1 aliphatic rings. The van der Waals surface area contributed by atoms with Gasteiger partial charge in [-0.3, -0.25) is 14.5 Å². The Kier molecular flexibility index (Phi) is 3.83. The van der Waals surface area contributed by atoms with Crippen LogP contribution < -0.4 is 5.32 Å². The van der Waals surface area contributed by atoms with Gasteiger partial charge in [-0.05, 0) is 25.5 Å². The van der Waals surface area contributed by atoms with E-state index in [2.05, 4.69) is 5.32 Å². The molecule has 2 amide bonds. The molecule has 1 saturated heterocycles. The van der Waals surface area contributed by atoms with Gasteiger partial charge in [0, 0.05) is 17.8 Å². The Morgan fingerprint density at radius 1 is 1.42 bits per heavy atom. The van der Waals surface area contributed by atoms with Crippen molar-refractivity contribution in [2.75, 3.05) is 11.9 Å². The summed E-state index contributed by atoms with van der Waals surface area (Å²) in [5.41, 5.74) is 1.01. The molecule has 1 N–H and O–H groups in total. The van der Waals surface area contributed by atoms with Gasteiger partial charge in [0.25, 0.3) is 5.91 Å². The number of benzene rings is 1. The molecule has 0 radical (unpaired) electrons. The summed E-state index contributed by atoms with van der Waals surface area (Å²) >= 11 is 0. The smallest absolute Gasteiger partial charge is 0.252 e. The largest absolute Gasteiger partial charge is 0.373 e. The van der Waals surface area contributed by atoms with E-state index in [1.165, 1.54) is 11.0 Å². The van der Waals surface area contributed by atoms with Gasteiger partial charge in [0.15, 0.2) is 0 Å². The van der Waals surface area contributed by atoms with E-state index < -0.39 is 6.04 Å². The van der Waals surface area contributed by atoms with Gasteiger partial charge in [0.1, 0.15) is 11.9 Å². The second-order valence-corrected chi connectivity index (χ2v) is 4.70. The van der Waals surface area contributed by atoms with Gasteiger partial charge in [-0.25, -0.2) is 4.39 Å². The Morgan fingerprint density at radius 3 is 2.84 bits per heavy atom. The lowest BCUT2D eigenvalue weighted by Crippen LogP contribution is -2.35. The SMILES string of the molecule is CCCN1C(=O)CC(Nc2cccc(F)c2C)C1=O. The third-order valence-corrected chi connectivity index (χ3v) is 3.29. The zero-order chi connectivity index (χ0) is 14.0. The summed E-state index contributed by atoms with van der Waals surface area (Å²) in [7, 11) is 0. The molecule has 0 saturated carbocycles. The van der Waals surface area contributed by atoms with Crippen LogP contribution in [0.5, 0.6) is 0 Å². The Labute approximate surface area is 111 Å². The number of halogens is 1. The topological polar surface area (TPSA) is 49.4 Å². The van der Waals surface area contributed by atoms with Gasteiger partial charge in [0.2, 0.25) is 5.91 Å². The molecule has 19 heavy (non-hydrogen) atoms. The molecule has 0 aliphatic carbocycles. The molecule has 2 rings (SSSR count). The molecule has 0 bridgehead atoms. The first-order chi connectivity index (χ1) is 9.04. The number of hydrogen-bond donors (Lipinski definition) is 1. The highest BCUT2D eigenvalue weighted by molar-refractivity contribution is 6.06. The van der Waals surface area contributed by atoms with Crippen molar-refractivity contribution in [3.63, 3.8) is 0 Å². The van der Waals surface area contributed by atoms with E-state index in [0.29, 0.717) is 17.8 Å². The standard InChI is InChI=1S/C14H17FN2O2/c1-3-7-17-13(18)8-12(14(17)19)16-11-6-4-5-10(15)9(11)2/h4-6,12,16H,3,7-8H2,1-2H3. The van der Waals surface area contributed by atoms with Gasteiger partial charge in [-0.2, -0.15) is 0 Å². The minimum Gasteiger partial charge on any atom is -0.373 e. The molecule has 1 aromatic carbocycles. The van der Waals surface area contributed by atoms with Crippen molar-refractivity contribution in [1.82, 2.24) is 4.90 Å². The molecule has 0 aromatic heterocycles. The van der Waals surface area contributed by atoms with Crippen LogP contribution in [0.1, 0.15) is 25.3 Å². The molecule has 0 spiro atoms. The minimum atomic E-state index is -0.584.